The number of hydrogen-bond acceptors (Lipinski definition) is 6. The number of carbonyl (C=O) groups is 2. The average Bonchev–Trinajstić information content (AvgIpc) is 3.26. The fourth-order valence-corrected chi connectivity index (χ4v) is 4.02. The Morgan fingerprint density at radius 2 is 1.94 bits per heavy atom. The number of esters is 1. The van der Waals surface area contributed by atoms with Gasteiger partial charge in [-0.1, -0.05) is 35.9 Å². The molecule has 0 spiro atoms. The van der Waals surface area contributed by atoms with Crippen molar-refractivity contribution in [1.29, 1.82) is 0 Å². The van der Waals surface area contributed by atoms with Gasteiger partial charge in [-0.2, -0.15) is 0 Å². The molecular formula is C26H27ClFNO5. The number of ketones is 1. The molecule has 0 bridgehead atoms. The highest BCUT2D eigenvalue weighted by Crippen LogP contribution is 2.28. The predicted molar refractivity (Wildman–Crippen MR) is 126 cm³/mol. The van der Waals surface area contributed by atoms with E-state index in [0.29, 0.717) is 28.3 Å². The second kappa shape index (κ2) is 11.9. The third-order valence-corrected chi connectivity index (χ3v) is 5.74. The molecule has 2 atom stereocenters. The second-order valence-electron chi connectivity index (χ2n) is 8.16. The molecule has 2 aromatic carbocycles. The fraction of sp³-hybridized carbons (Fsp3) is 0.346. The van der Waals surface area contributed by atoms with Crippen molar-refractivity contribution in [1.82, 2.24) is 4.98 Å². The van der Waals surface area contributed by atoms with E-state index in [9.17, 15) is 19.1 Å². The molecular weight excluding hydrogens is 461 g/mol. The number of halogens is 2. The van der Waals surface area contributed by atoms with Gasteiger partial charge in [0.05, 0.1) is 25.3 Å². The number of oxazole rings is 1. The molecule has 6 nitrogen and oxygen atoms in total. The number of ether oxygens (including phenoxy) is 1. The van der Waals surface area contributed by atoms with Gasteiger partial charge in [0.2, 0.25) is 5.78 Å². The van der Waals surface area contributed by atoms with E-state index in [-0.39, 0.29) is 49.5 Å². The number of nitrogens with zero attached hydrogens (tertiary/aromatic N) is 1. The van der Waals surface area contributed by atoms with Crippen LogP contribution in [0.15, 0.2) is 53.1 Å². The standard InChI is InChI=1S/C26H27ClFNO5/c1-3-33-26(32)20(15-30)11-18(12-24(31)25-29-14-16(2)34-25)10-17-4-6-19(7-5-17)22-13-21(27)8-9-23(22)28/h4-9,13-14,18,20,30H,3,10-12,15H2,1-2H3/t18-,20+/m1/s1. The van der Waals surface area contributed by atoms with Crippen LogP contribution in [0, 0.1) is 24.6 Å². The lowest BCUT2D eigenvalue weighted by atomic mass is 9.85. The Morgan fingerprint density at radius 3 is 2.56 bits per heavy atom. The highest BCUT2D eigenvalue weighted by molar-refractivity contribution is 6.30. The van der Waals surface area contributed by atoms with Crippen molar-refractivity contribution in [2.75, 3.05) is 13.2 Å². The molecule has 0 aliphatic heterocycles. The van der Waals surface area contributed by atoms with Gasteiger partial charge in [-0.15, -0.1) is 0 Å². The maximum absolute atomic E-state index is 14.2. The van der Waals surface area contributed by atoms with E-state index in [1.807, 2.05) is 12.1 Å². The Kier molecular flexibility index (Phi) is 8.96. The summed E-state index contributed by atoms with van der Waals surface area (Å²) in [7, 11) is 0. The minimum atomic E-state index is -0.746. The van der Waals surface area contributed by atoms with E-state index in [0.717, 1.165) is 5.56 Å². The Balaban J connectivity index is 1.80. The Labute approximate surface area is 202 Å². The normalized spacial score (nSPS) is 12.9. The van der Waals surface area contributed by atoms with Gasteiger partial charge in [0.1, 0.15) is 11.6 Å². The highest BCUT2D eigenvalue weighted by Gasteiger charge is 2.27. The van der Waals surface area contributed by atoms with Crippen molar-refractivity contribution >= 4 is 23.4 Å². The van der Waals surface area contributed by atoms with Gasteiger partial charge in [0.15, 0.2) is 0 Å². The van der Waals surface area contributed by atoms with E-state index in [4.69, 9.17) is 20.8 Å². The monoisotopic (exact) mass is 487 g/mol. The minimum absolute atomic E-state index is 0.0194. The minimum Gasteiger partial charge on any atom is -0.466 e. The maximum atomic E-state index is 14.2. The number of aliphatic hydroxyl groups excluding tert-OH is 1. The number of benzene rings is 2. The summed E-state index contributed by atoms with van der Waals surface area (Å²) >= 11 is 6.01. The molecule has 0 saturated carbocycles. The van der Waals surface area contributed by atoms with Crippen LogP contribution in [0.1, 0.15) is 41.8 Å². The van der Waals surface area contributed by atoms with Crippen LogP contribution >= 0.6 is 11.6 Å². The number of aryl methyl sites for hydroxylation is 1. The van der Waals surface area contributed by atoms with Crippen LogP contribution < -0.4 is 0 Å². The van der Waals surface area contributed by atoms with Crippen molar-refractivity contribution < 1.29 is 28.2 Å². The average molecular weight is 488 g/mol. The number of aliphatic hydroxyl groups is 1. The van der Waals surface area contributed by atoms with Crippen LogP contribution in [0.4, 0.5) is 4.39 Å². The molecule has 0 unspecified atom stereocenters. The Hall–Kier alpha value is -3.03. The molecule has 0 aliphatic rings. The molecule has 0 radical (unpaired) electrons. The topological polar surface area (TPSA) is 89.6 Å². The van der Waals surface area contributed by atoms with E-state index in [1.54, 1.807) is 32.0 Å². The van der Waals surface area contributed by atoms with Gasteiger partial charge in [0.25, 0.3) is 5.89 Å². The summed E-state index contributed by atoms with van der Waals surface area (Å²) in [6, 6.07) is 11.7. The Morgan fingerprint density at radius 1 is 1.21 bits per heavy atom. The van der Waals surface area contributed by atoms with Crippen LogP contribution in [0.2, 0.25) is 5.02 Å². The Bertz CT molecular complexity index is 1130. The lowest BCUT2D eigenvalue weighted by Crippen LogP contribution is -2.26. The zero-order valence-corrected chi connectivity index (χ0v) is 19.8. The van der Waals surface area contributed by atoms with Crippen molar-refractivity contribution in [3.63, 3.8) is 0 Å². The van der Waals surface area contributed by atoms with Gasteiger partial charge < -0.3 is 14.3 Å². The fourth-order valence-electron chi connectivity index (χ4n) is 3.85. The van der Waals surface area contributed by atoms with Crippen LogP contribution in [0.5, 0.6) is 0 Å². The first-order valence-electron chi connectivity index (χ1n) is 11.1. The van der Waals surface area contributed by atoms with E-state index in [1.165, 1.54) is 18.3 Å². The third kappa shape index (κ3) is 6.74. The van der Waals surface area contributed by atoms with Crippen LogP contribution in [0.25, 0.3) is 11.1 Å². The second-order valence-corrected chi connectivity index (χ2v) is 8.60. The summed E-state index contributed by atoms with van der Waals surface area (Å²) in [6.07, 6.45) is 2.27. The summed E-state index contributed by atoms with van der Waals surface area (Å²) in [5.41, 5.74) is 1.97. The van der Waals surface area contributed by atoms with Gasteiger partial charge in [0, 0.05) is 17.0 Å². The number of hydrogen-bond donors (Lipinski definition) is 1. The molecule has 0 fully saturated rings. The first kappa shape index (κ1) is 25.6. The van der Waals surface area contributed by atoms with Crippen LogP contribution in [-0.2, 0) is 16.0 Å². The largest absolute Gasteiger partial charge is 0.466 e. The summed E-state index contributed by atoms with van der Waals surface area (Å²) in [5.74, 6) is -1.63. The number of rotatable bonds is 11. The quantitative estimate of drug-likeness (QED) is 0.286. The summed E-state index contributed by atoms with van der Waals surface area (Å²) in [4.78, 5) is 29.0. The summed E-state index contributed by atoms with van der Waals surface area (Å²) in [6.45, 7) is 3.22. The van der Waals surface area contributed by atoms with Gasteiger partial charge in [-0.3, -0.25) is 9.59 Å². The first-order valence-corrected chi connectivity index (χ1v) is 11.5. The molecule has 1 N–H and O–H groups in total. The SMILES string of the molecule is CCOC(=O)[C@H](CO)C[C@H](CC(=O)c1ncc(C)o1)Cc1ccc(-c2cc(Cl)ccc2F)cc1. The van der Waals surface area contributed by atoms with E-state index < -0.39 is 11.9 Å². The molecule has 0 saturated heterocycles. The number of aromatic nitrogens is 1. The first-order chi connectivity index (χ1) is 16.3. The summed E-state index contributed by atoms with van der Waals surface area (Å²) in [5, 5.41) is 10.2. The zero-order valence-electron chi connectivity index (χ0n) is 19.1. The maximum Gasteiger partial charge on any atom is 0.311 e. The molecule has 1 aromatic heterocycles. The van der Waals surface area contributed by atoms with Crippen LogP contribution in [-0.4, -0.2) is 35.1 Å². The van der Waals surface area contributed by atoms with Gasteiger partial charge in [-0.25, -0.2) is 9.37 Å². The number of carbonyl (C=O) groups excluding carboxylic acids is 2. The molecule has 3 rings (SSSR count). The third-order valence-electron chi connectivity index (χ3n) is 5.51. The van der Waals surface area contributed by atoms with Crippen molar-refractivity contribution in [2.24, 2.45) is 11.8 Å². The van der Waals surface area contributed by atoms with Crippen molar-refractivity contribution in [3.8, 4) is 11.1 Å². The molecule has 0 amide bonds. The van der Waals surface area contributed by atoms with E-state index >= 15 is 0 Å². The smallest absolute Gasteiger partial charge is 0.311 e. The van der Waals surface area contributed by atoms with E-state index in [2.05, 4.69) is 4.98 Å². The molecule has 8 heteroatoms. The number of Topliss-reactive ketones (excluding diaryl/α,β-unsaturated/α-hetero) is 1. The van der Waals surface area contributed by atoms with Gasteiger partial charge >= 0.3 is 5.97 Å². The molecule has 0 aliphatic carbocycles. The predicted octanol–water partition coefficient (Wildman–Crippen LogP) is 5.44. The highest BCUT2D eigenvalue weighted by atomic mass is 35.5. The van der Waals surface area contributed by atoms with Crippen LogP contribution in [0.3, 0.4) is 0 Å². The molecule has 34 heavy (non-hydrogen) atoms. The molecule has 1 heterocycles. The molecule has 3 aromatic rings. The lowest BCUT2D eigenvalue weighted by Gasteiger charge is -2.21. The summed E-state index contributed by atoms with van der Waals surface area (Å²) < 4.78 is 24.6. The van der Waals surface area contributed by atoms with Gasteiger partial charge in [-0.05, 0) is 61.9 Å². The van der Waals surface area contributed by atoms with Crippen molar-refractivity contribution in [2.45, 2.75) is 33.1 Å². The zero-order chi connectivity index (χ0) is 24.7. The lowest BCUT2D eigenvalue weighted by molar-refractivity contribution is -0.150. The van der Waals surface area contributed by atoms with Crippen molar-refractivity contribution in [3.05, 3.63) is 76.7 Å². The molecule has 180 valence electrons.